The number of rotatable bonds is 52. The normalized spacial score (nSPS) is 24.4. The summed E-state index contributed by atoms with van der Waals surface area (Å²) in [5.74, 6) is -0.253. The minimum atomic E-state index is -1.79. The number of nitrogens with one attached hydrogen (secondary N) is 1. The van der Waals surface area contributed by atoms with Crippen molar-refractivity contribution in [2.45, 2.75) is 306 Å². The third kappa shape index (κ3) is 38.0. The number of carbonyl (C=O) groups excluding carboxylic acids is 1. The predicted molar refractivity (Wildman–Crippen MR) is 341 cm³/mol. The predicted octanol–water partition coefficient (Wildman–Crippen LogP) is 12.8. The summed E-state index contributed by atoms with van der Waals surface area (Å²) in [7, 11) is 0. The fraction of sp³-hybridized carbons (Fsp3) is 0.729. The molecule has 12 unspecified atom stereocenters. The number of carbonyl (C=O) groups is 1. The Kier molecular flexibility index (Phi) is 49.2. The van der Waals surface area contributed by atoms with Crippen molar-refractivity contribution in [3.63, 3.8) is 0 Å². The maximum Gasteiger partial charge on any atom is 0.220 e. The standard InChI is InChI=1S/C70H119NO13/c1-3-5-7-9-11-13-15-16-17-18-19-20-21-22-23-24-25-26-27-28-29-30-31-32-33-34-35-36-37-38-39-40-41-42-44-46-48-50-52-54-62(75)71-58(59(74)53-51-49-47-45-43-14-12-10-8-6-4-2)57-81-69-67(80)65(78)68(61(56-73)83-69)84-70-66(79)64(77)63(76)60(55-72)82-70/h5,7,11,13,16-17,19-20,22-23,25-26,28-29,43,45,51,53,58-61,63-70,72-74,76-80H,3-4,6,8-10,12,14-15,18,21,24,27,30-42,44,46-50,52,54-57H2,1-2H3,(H,71,75)/b7-5-,13-11-,17-16-,20-19-,23-22-,26-25-,29-28-,45-43+,53-51+. The molecule has 14 heteroatoms. The van der Waals surface area contributed by atoms with E-state index >= 15 is 0 Å². The number of unbranched alkanes of at least 4 members (excludes halogenated alkanes) is 23. The van der Waals surface area contributed by atoms with Crippen molar-refractivity contribution in [3.8, 4) is 0 Å². The monoisotopic (exact) mass is 1180 g/mol. The molecule has 482 valence electrons. The largest absolute Gasteiger partial charge is 0.394 e. The van der Waals surface area contributed by atoms with Gasteiger partial charge in [0, 0.05) is 6.42 Å². The lowest BCUT2D eigenvalue weighted by Crippen LogP contribution is -2.65. The lowest BCUT2D eigenvalue weighted by Gasteiger charge is -2.46. The molecule has 1 amide bonds. The second kappa shape index (κ2) is 53.9. The molecule has 2 aliphatic rings. The molecule has 0 radical (unpaired) electrons. The Morgan fingerprint density at radius 2 is 0.833 bits per heavy atom. The summed E-state index contributed by atoms with van der Waals surface area (Å²) in [5, 5.41) is 87.0. The molecule has 0 bridgehead atoms. The molecular formula is C70H119NO13. The van der Waals surface area contributed by atoms with E-state index in [1.807, 2.05) is 6.08 Å². The van der Waals surface area contributed by atoms with Crippen LogP contribution < -0.4 is 5.32 Å². The maximum atomic E-state index is 13.3. The van der Waals surface area contributed by atoms with Gasteiger partial charge in [-0.05, 0) is 89.9 Å². The summed E-state index contributed by atoms with van der Waals surface area (Å²) in [4.78, 5) is 13.3. The van der Waals surface area contributed by atoms with Crippen molar-refractivity contribution in [1.29, 1.82) is 0 Å². The van der Waals surface area contributed by atoms with Gasteiger partial charge in [0.25, 0.3) is 0 Å². The van der Waals surface area contributed by atoms with Gasteiger partial charge in [0.05, 0.1) is 32.0 Å². The fourth-order valence-corrected chi connectivity index (χ4v) is 10.2. The van der Waals surface area contributed by atoms with Gasteiger partial charge in [0.1, 0.15) is 48.8 Å². The molecule has 2 aliphatic heterocycles. The SMILES string of the molecule is CC/C=C\C/C=C\C/C=C\C/C=C\C/C=C\C/C=C\C/C=C\CCCCCCCCCCCCCCCCCCCC(=O)NC(COC1OC(CO)C(OC2OC(CO)C(O)C(O)C2O)C(O)C1O)C(O)/C=C/CC/C=C/CCCCCCC. The van der Waals surface area contributed by atoms with Crippen LogP contribution in [0.25, 0.3) is 0 Å². The van der Waals surface area contributed by atoms with E-state index in [1.54, 1.807) is 6.08 Å². The second-order valence-corrected chi connectivity index (χ2v) is 22.9. The lowest BCUT2D eigenvalue weighted by atomic mass is 9.97. The van der Waals surface area contributed by atoms with E-state index in [-0.39, 0.29) is 18.9 Å². The van der Waals surface area contributed by atoms with Crippen molar-refractivity contribution in [1.82, 2.24) is 5.32 Å². The zero-order chi connectivity index (χ0) is 60.9. The minimum Gasteiger partial charge on any atom is -0.394 e. The van der Waals surface area contributed by atoms with Crippen molar-refractivity contribution < 1.29 is 64.6 Å². The van der Waals surface area contributed by atoms with Gasteiger partial charge in [0.15, 0.2) is 12.6 Å². The summed E-state index contributed by atoms with van der Waals surface area (Å²) in [6.07, 6.45) is 60.3. The smallest absolute Gasteiger partial charge is 0.220 e. The molecule has 2 fully saturated rings. The van der Waals surface area contributed by atoms with Crippen molar-refractivity contribution >= 4 is 5.91 Å². The van der Waals surface area contributed by atoms with Crippen LogP contribution in [-0.2, 0) is 23.7 Å². The summed E-state index contributed by atoms with van der Waals surface area (Å²) >= 11 is 0. The summed E-state index contributed by atoms with van der Waals surface area (Å²) < 4.78 is 22.7. The fourth-order valence-electron chi connectivity index (χ4n) is 10.2. The van der Waals surface area contributed by atoms with Crippen LogP contribution in [0, 0.1) is 0 Å². The van der Waals surface area contributed by atoms with Crippen LogP contribution in [0.3, 0.4) is 0 Å². The van der Waals surface area contributed by atoms with Gasteiger partial charge in [0.2, 0.25) is 5.91 Å². The molecule has 0 spiro atoms. The summed E-state index contributed by atoms with van der Waals surface area (Å²) in [6.45, 7) is 2.62. The number of amides is 1. The summed E-state index contributed by atoms with van der Waals surface area (Å²) in [5.41, 5.74) is 0. The molecule has 9 N–H and O–H groups in total. The van der Waals surface area contributed by atoms with Crippen molar-refractivity contribution in [3.05, 3.63) is 109 Å². The number of hydrogen-bond acceptors (Lipinski definition) is 13. The summed E-state index contributed by atoms with van der Waals surface area (Å²) in [6, 6.07) is -0.935. The molecule has 0 aromatic carbocycles. The van der Waals surface area contributed by atoms with Crippen LogP contribution >= 0.6 is 0 Å². The highest BCUT2D eigenvalue weighted by atomic mass is 16.7. The van der Waals surface area contributed by atoms with Gasteiger partial charge in [-0.2, -0.15) is 0 Å². The Balaban J connectivity index is 1.57. The molecule has 2 rings (SSSR count). The van der Waals surface area contributed by atoms with E-state index in [0.717, 1.165) is 77.0 Å². The molecule has 0 saturated carbocycles. The molecule has 2 heterocycles. The van der Waals surface area contributed by atoms with Gasteiger partial charge < -0.3 is 65.1 Å². The van der Waals surface area contributed by atoms with Crippen LogP contribution in [-0.4, -0.2) is 140 Å². The average Bonchev–Trinajstić information content (AvgIpc) is 3.59. The van der Waals surface area contributed by atoms with Gasteiger partial charge >= 0.3 is 0 Å². The van der Waals surface area contributed by atoms with E-state index in [9.17, 15) is 45.6 Å². The second-order valence-electron chi connectivity index (χ2n) is 22.9. The van der Waals surface area contributed by atoms with Crippen LogP contribution in [0.2, 0.25) is 0 Å². The van der Waals surface area contributed by atoms with E-state index < -0.39 is 86.8 Å². The Morgan fingerprint density at radius 3 is 1.31 bits per heavy atom. The molecule has 84 heavy (non-hydrogen) atoms. The topological polar surface area (TPSA) is 228 Å². The van der Waals surface area contributed by atoms with Crippen LogP contribution in [0.5, 0.6) is 0 Å². The molecule has 12 atom stereocenters. The molecule has 0 aromatic heterocycles. The molecule has 0 aromatic rings. The van der Waals surface area contributed by atoms with Gasteiger partial charge in [-0.25, -0.2) is 0 Å². The van der Waals surface area contributed by atoms with Crippen LogP contribution in [0.15, 0.2) is 109 Å². The number of ether oxygens (including phenoxy) is 4. The molecular weight excluding hydrogens is 1060 g/mol. The Hall–Kier alpha value is -3.35. The lowest BCUT2D eigenvalue weighted by molar-refractivity contribution is -0.359. The Labute approximate surface area is 508 Å². The molecule has 0 aliphatic carbocycles. The highest BCUT2D eigenvalue weighted by molar-refractivity contribution is 5.76. The first-order valence-electron chi connectivity index (χ1n) is 33.1. The number of aliphatic hydroxyl groups is 8. The van der Waals surface area contributed by atoms with Gasteiger partial charge in [-0.3, -0.25) is 4.79 Å². The van der Waals surface area contributed by atoms with E-state index in [0.29, 0.717) is 12.8 Å². The first kappa shape index (κ1) is 76.7. The minimum absolute atomic E-state index is 0.253. The highest BCUT2D eigenvalue weighted by Crippen LogP contribution is 2.30. The molecule has 2 saturated heterocycles. The number of hydrogen-bond donors (Lipinski definition) is 9. The Morgan fingerprint density at radius 1 is 0.440 bits per heavy atom. The first-order valence-corrected chi connectivity index (χ1v) is 33.1. The van der Waals surface area contributed by atoms with Crippen LogP contribution in [0.4, 0.5) is 0 Å². The van der Waals surface area contributed by atoms with Gasteiger partial charge in [-0.15, -0.1) is 0 Å². The first-order chi connectivity index (χ1) is 41.1. The van der Waals surface area contributed by atoms with E-state index in [2.05, 4.69) is 116 Å². The molecule has 14 nitrogen and oxygen atoms in total. The average molecular weight is 1180 g/mol. The van der Waals surface area contributed by atoms with E-state index in [1.165, 1.54) is 122 Å². The zero-order valence-corrected chi connectivity index (χ0v) is 52.1. The third-order valence-corrected chi connectivity index (χ3v) is 15.4. The quantitative estimate of drug-likeness (QED) is 0.0204. The van der Waals surface area contributed by atoms with Crippen molar-refractivity contribution in [2.75, 3.05) is 19.8 Å². The third-order valence-electron chi connectivity index (χ3n) is 15.4. The highest BCUT2D eigenvalue weighted by Gasteiger charge is 2.51. The maximum absolute atomic E-state index is 13.3. The van der Waals surface area contributed by atoms with Crippen LogP contribution in [0.1, 0.15) is 232 Å². The van der Waals surface area contributed by atoms with E-state index in [4.69, 9.17) is 18.9 Å². The van der Waals surface area contributed by atoms with Crippen molar-refractivity contribution in [2.24, 2.45) is 0 Å². The van der Waals surface area contributed by atoms with Gasteiger partial charge in [-0.1, -0.05) is 245 Å². The zero-order valence-electron chi connectivity index (χ0n) is 52.1. The Bertz CT molecular complexity index is 1820. The number of aliphatic hydroxyl groups excluding tert-OH is 8. The number of allylic oxidation sites excluding steroid dienone is 17.